The Morgan fingerprint density at radius 2 is 1.45 bits per heavy atom. The van der Waals surface area contributed by atoms with E-state index in [1.807, 2.05) is 30.3 Å². The molecule has 2 aromatic rings. The Kier molecular flexibility index (Phi) is 4.56. The second kappa shape index (κ2) is 6.95. The lowest BCUT2D eigenvalue weighted by Crippen LogP contribution is -2.47. The van der Waals surface area contributed by atoms with E-state index in [9.17, 15) is 4.79 Å². The monoisotopic (exact) mass is 298 g/mol. The topological polar surface area (TPSA) is 50.8 Å². The van der Waals surface area contributed by atoms with Gasteiger partial charge in [-0.1, -0.05) is 18.2 Å². The van der Waals surface area contributed by atoms with Crippen LogP contribution in [0.3, 0.4) is 0 Å². The number of rotatable bonds is 3. The standard InChI is InChI=1S/C17H18N2O3/c20-17(19-12-10-18-11-13-19)22-16-8-6-15(7-9-16)21-14-4-2-1-3-5-14/h1-9,18H,10-13H2. The van der Waals surface area contributed by atoms with Gasteiger partial charge < -0.3 is 19.7 Å². The van der Waals surface area contributed by atoms with Gasteiger partial charge in [0, 0.05) is 26.2 Å². The molecule has 0 spiro atoms. The fourth-order valence-electron chi connectivity index (χ4n) is 2.21. The molecule has 0 unspecified atom stereocenters. The first-order valence-corrected chi connectivity index (χ1v) is 7.32. The molecule has 22 heavy (non-hydrogen) atoms. The number of piperazine rings is 1. The summed E-state index contributed by atoms with van der Waals surface area (Å²) in [7, 11) is 0. The fraction of sp³-hybridized carbons (Fsp3) is 0.235. The molecule has 0 atom stereocenters. The van der Waals surface area contributed by atoms with Crippen molar-refractivity contribution in [3.63, 3.8) is 0 Å². The van der Waals surface area contributed by atoms with Crippen molar-refractivity contribution < 1.29 is 14.3 Å². The highest BCUT2D eigenvalue weighted by molar-refractivity contribution is 5.70. The van der Waals surface area contributed by atoms with Crippen molar-refractivity contribution in [1.29, 1.82) is 0 Å². The highest BCUT2D eigenvalue weighted by atomic mass is 16.6. The Labute approximate surface area is 129 Å². The van der Waals surface area contributed by atoms with E-state index < -0.39 is 0 Å². The van der Waals surface area contributed by atoms with Crippen molar-refractivity contribution in [2.45, 2.75) is 0 Å². The molecule has 5 heteroatoms. The maximum Gasteiger partial charge on any atom is 0.415 e. The Bertz CT molecular complexity index is 608. The lowest BCUT2D eigenvalue weighted by atomic mass is 10.3. The minimum absolute atomic E-state index is 0.307. The van der Waals surface area contributed by atoms with Gasteiger partial charge >= 0.3 is 6.09 Å². The number of benzene rings is 2. The Hall–Kier alpha value is -2.53. The maximum atomic E-state index is 12.0. The molecule has 5 nitrogen and oxygen atoms in total. The van der Waals surface area contributed by atoms with Crippen molar-refractivity contribution in [3.05, 3.63) is 54.6 Å². The summed E-state index contributed by atoms with van der Waals surface area (Å²) in [5.41, 5.74) is 0. The van der Waals surface area contributed by atoms with Crippen LogP contribution >= 0.6 is 0 Å². The molecule has 0 saturated carbocycles. The highest BCUT2D eigenvalue weighted by Crippen LogP contribution is 2.23. The summed E-state index contributed by atoms with van der Waals surface area (Å²) >= 11 is 0. The van der Waals surface area contributed by atoms with Crippen LogP contribution in [0.15, 0.2) is 54.6 Å². The minimum Gasteiger partial charge on any atom is -0.457 e. The number of nitrogens with zero attached hydrogens (tertiary/aromatic N) is 1. The van der Waals surface area contributed by atoms with Gasteiger partial charge in [-0.2, -0.15) is 0 Å². The smallest absolute Gasteiger partial charge is 0.415 e. The van der Waals surface area contributed by atoms with Crippen LogP contribution in [0.2, 0.25) is 0 Å². The van der Waals surface area contributed by atoms with E-state index in [4.69, 9.17) is 9.47 Å². The highest BCUT2D eigenvalue weighted by Gasteiger charge is 2.17. The summed E-state index contributed by atoms with van der Waals surface area (Å²) in [6.07, 6.45) is -0.307. The summed E-state index contributed by atoms with van der Waals surface area (Å²) in [6.45, 7) is 2.96. The number of para-hydroxylation sites is 1. The van der Waals surface area contributed by atoms with Gasteiger partial charge in [0.25, 0.3) is 0 Å². The van der Waals surface area contributed by atoms with Crippen LogP contribution in [-0.4, -0.2) is 37.2 Å². The SMILES string of the molecule is O=C(Oc1ccc(Oc2ccccc2)cc1)N1CCNCC1. The van der Waals surface area contributed by atoms with Crippen molar-refractivity contribution in [1.82, 2.24) is 10.2 Å². The first kappa shape index (κ1) is 14.4. The summed E-state index contributed by atoms with van der Waals surface area (Å²) < 4.78 is 11.1. The minimum atomic E-state index is -0.307. The fourth-order valence-corrected chi connectivity index (χ4v) is 2.21. The van der Waals surface area contributed by atoms with Gasteiger partial charge in [0.2, 0.25) is 0 Å². The van der Waals surface area contributed by atoms with Crippen molar-refractivity contribution >= 4 is 6.09 Å². The molecular weight excluding hydrogens is 280 g/mol. The normalized spacial score (nSPS) is 14.5. The molecule has 3 rings (SSSR count). The molecule has 1 fully saturated rings. The van der Waals surface area contributed by atoms with E-state index in [-0.39, 0.29) is 6.09 Å². The van der Waals surface area contributed by atoms with Crippen molar-refractivity contribution in [2.75, 3.05) is 26.2 Å². The zero-order chi connectivity index (χ0) is 15.2. The molecule has 2 aromatic carbocycles. The van der Waals surface area contributed by atoms with Crippen LogP contribution < -0.4 is 14.8 Å². The maximum absolute atomic E-state index is 12.0. The molecular formula is C17H18N2O3. The van der Waals surface area contributed by atoms with E-state index in [2.05, 4.69) is 5.32 Å². The molecule has 0 aromatic heterocycles. The van der Waals surface area contributed by atoms with E-state index in [0.717, 1.165) is 18.8 Å². The number of hydrogen-bond acceptors (Lipinski definition) is 4. The van der Waals surface area contributed by atoms with Gasteiger partial charge in [0.1, 0.15) is 17.2 Å². The number of amides is 1. The first-order chi connectivity index (χ1) is 10.8. The second-order valence-corrected chi connectivity index (χ2v) is 4.99. The largest absolute Gasteiger partial charge is 0.457 e. The third-order valence-electron chi connectivity index (χ3n) is 3.38. The lowest BCUT2D eigenvalue weighted by Gasteiger charge is -2.26. The average molecular weight is 298 g/mol. The molecule has 1 saturated heterocycles. The Balaban J connectivity index is 1.58. The van der Waals surface area contributed by atoms with Gasteiger partial charge in [-0.05, 0) is 36.4 Å². The van der Waals surface area contributed by atoms with Gasteiger partial charge in [-0.15, -0.1) is 0 Å². The molecule has 0 aliphatic carbocycles. The third kappa shape index (κ3) is 3.77. The second-order valence-electron chi connectivity index (χ2n) is 4.99. The van der Waals surface area contributed by atoms with Gasteiger partial charge in [0.15, 0.2) is 0 Å². The average Bonchev–Trinajstić information content (AvgIpc) is 2.58. The zero-order valence-corrected chi connectivity index (χ0v) is 12.2. The number of carbonyl (C=O) groups is 1. The van der Waals surface area contributed by atoms with Crippen LogP contribution in [-0.2, 0) is 0 Å². The zero-order valence-electron chi connectivity index (χ0n) is 12.2. The molecule has 0 bridgehead atoms. The van der Waals surface area contributed by atoms with Crippen LogP contribution in [0.25, 0.3) is 0 Å². The first-order valence-electron chi connectivity index (χ1n) is 7.32. The predicted octanol–water partition coefficient (Wildman–Crippen LogP) is 2.88. The molecule has 1 N–H and O–H groups in total. The number of carbonyl (C=O) groups excluding carboxylic acids is 1. The predicted molar refractivity (Wildman–Crippen MR) is 83.4 cm³/mol. The summed E-state index contributed by atoms with van der Waals surface area (Å²) in [5.74, 6) is 1.99. The molecule has 1 aliphatic heterocycles. The quantitative estimate of drug-likeness (QED) is 0.946. The summed E-state index contributed by atoms with van der Waals surface area (Å²) in [6, 6.07) is 16.6. The van der Waals surface area contributed by atoms with E-state index >= 15 is 0 Å². The molecule has 1 heterocycles. The molecule has 0 radical (unpaired) electrons. The van der Waals surface area contributed by atoms with Crippen LogP contribution in [0, 0.1) is 0 Å². The summed E-state index contributed by atoms with van der Waals surface area (Å²) in [5, 5.41) is 3.20. The van der Waals surface area contributed by atoms with Gasteiger partial charge in [0.05, 0.1) is 0 Å². The third-order valence-corrected chi connectivity index (χ3v) is 3.38. The van der Waals surface area contributed by atoms with Crippen molar-refractivity contribution in [2.24, 2.45) is 0 Å². The Morgan fingerprint density at radius 3 is 2.14 bits per heavy atom. The van der Waals surface area contributed by atoms with E-state index in [1.54, 1.807) is 29.2 Å². The number of nitrogens with one attached hydrogen (secondary N) is 1. The Morgan fingerprint density at radius 1 is 0.864 bits per heavy atom. The summed E-state index contributed by atoms with van der Waals surface area (Å²) in [4.78, 5) is 13.7. The van der Waals surface area contributed by atoms with Crippen LogP contribution in [0.5, 0.6) is 17.2 Å². The van der Waals surface area contributed by atoms with Gasteiger partial charge in [-0.3, -0.25) is 0 Å². The van der Waals surface area contributed by atoms with Crippen molar-refractivity contribution in [3.8, 4) is 17.2 Å². The van der Waals surface area contributed by atoms with E-state index in [1.165, 1.54) is 0 Å². The van der Waals surface area contributed by atoms with Crippen LogP contribution in [0.4, 0.5) is 4.79 Å². The van der Waals surface area contributed by atoms with Gasteiger partial charge in [-0.25, -0.2) is 4.79 Å². The lowest BCUT2D eigenvalue weighted by molar-refractivity contribution is 0.146. The van der Waals surface area contributed by atoms with E-state index in [0.29, 0.717) is 24.6 Å². The number of ether oxygens (including phenoxy) is 2. The van der Waals surface area contributed by atoms with Crippen LogP contribution in [0.1, 0.15) is 0 Å². The molecule has 114 valence electrons. The molecule has 1 amide bonds. The number of hydrogen-bond donors (Lipinski definition) is 1. The molecule has 1 aliphatic rings.